The van der Waals surface area contributed by atoms with Gasteiger partial charge in [0.25, 0.3) is 0 Å². The summed E-state index contributed by atoms with van der Waals surface area (Å²) in [6.07, 6.45) is -3.62. The molecular formula is C16H15F5N4. The molecule has 25 heavy (non-hydrogen) atoms. The van der Waals surface area contributed by atoms with Crippen molar-refractivity contribution in [1.29, 1.82) is 0 Å². The number of hydrogen-bond donors (Lipinski definition) is 0. The van der Waals surface area contributed by atoms with E-state index in [2.05, 4.69) is 9.97 Å². The number of piperazine rings is 1. The molecule has 0 aliphatic carbocycles. The van der Waals surface area contributed by atoms with E-state index in [0.29, 0.717) is 26.2 Å². The zero-order valence-electron chi connectivity index (χ0n) is 13.1. The molecule has 0 atom stereocenters. The van der Waals surface area contributed by atoms with Gasteiger partial charge in [-0.05, 0) is 18.2 Å². The predicted molar refractivity (Wildman–Crippen MR) is 80.9 cm³/mol. The zero-order valence-corrected chi connectivity index (χ0v) is 13.1. The van der Waals surface area contributed by atoms with Crippen LogP contribution in [0.25, 0.3) is 0 Å². The van der Waals surface area contributed by atoms with Crippen molar-refractivity contribution in [3.8, 4) is 0 Å². The van der Waals surface area contributed by atoms with Crippen molar-refractivity contribution < 1.29 is 22.0 Å². The van der Waals surface area contributed by atoms with E-state index in [1.165, 1.54) is 0 Å². The lowest BCUT2D eigenvalue weighted by atomic mass is 10.1. The van der Waals surface area contributed by atoms with Crippen LogP contribution in [0, 0.1) is 11.6 Å². The summed E-state index contributed by atoms with van der Waals surface area (Å²) in [6, 6.07) is 4.22. The van der Waals surface area contributed by atoms with Crippen LogP contribution in [0.2, 0.25) is 0 Å². The summed E-state index contributed by atoms with van der Waals surface area (Å²) in [7, 11) is 0. The average molecular weight is 358 g/mol. The van der Waals surface area contributed by atoms with Gasteiger partial charge in [-0.25, -0.2) is 18.7 Å². The topological polar surface area (TPSA) is 32.3 Å². The molecule has 0 unspecified atom stereocenters. The van der Waals surface area contributed by atoms with Crippen LogP contribution < -0.4 is 4.90 Å². The molecule has 1 fully saturated rings. The molecule has 2 heterocycles. The number of rotatable bonds is 3. The minimum Gasteiger partial charge on any atom is -0.354 e. The van der Waals surface area contributed by atoms with E-state index in [1.54, 1.807) is 4.90 Å². The first-order valence-electron chi connectivity index (χ1n) is 7.63. The third-order valence-electron chi connectivity index (χ3n) is 4.04. The molecule has 1 aromatic carbocycles. The summed E-state index contributed by atoms with van der Waals surface area (Å²) in [5.41, 5.74) is -0.725. The normalized spacial score (nSPS) is 16.3. The molecule has 2 aromatic rings. The molecule has 134 valence electrons. The lowest BCUT2D eigenvalue weighted by molar-refractivity contribution is -0.141. The van der Waals surface area contributed by atoms with Gasteiger partial charge in [0.05, 0.1) is 0 Å². The van der Waals surface area contributed by atoms with E-state index >= 15 is 0 Å². The smallest absolute Gasteiger partial charge is 0.354 e. The monoisotopic (exact) mass is 358 g/mol. The minimum absolute atomic E-state index is 0.207. The van der Waals surface area contributed by atoms with Gasteiger partial charge in [0, 0.05) is 44.4 Å². The van der Waals surface area contributed by atoms with Crippen LogP contribution in [0.15, 0.2) is 30.6 Å². The van der Waals surface area contributed by atoms with Crippen LogP contribution in [0.5, 0.6) is 0 Å². The van der Waals surface area contributed by atoms with Gasteiger partial charge in [0.2, 0.25) is 0 Å². The number of aromatic nitrogens is 2. The number of halogens is 5. The lowest BCUT2D eigenvalue weighted by Crippen LogP contribution is -2.46. The Morgan fingerprint density at radius 2 is 1.68 bits per heavy atom. The Morgan fingerprint density at radius 3 is 2.36 bits per heavy atom. The average Bonchev–Trinajstić information content (AvgIpc) is 2.58. The van der Waals surface area contributed by atoms with Crippen molar-refractivity contribution in [2.45, 2.75) is 12.7 Å². The van der Waals surface area contributed by atoms with Crippen LogP contribution in [0.3, 0.4) is 0 Å². The highest BCUT2D eigenvalue weighted by Crippen LogP contribution is 2.29. The maximum Gasteiger partial charge on any atom is 0.433 e. The maximum absolute atomic E-state index is 13.7. The van der Waals surface area contributed by atoms with Crippen molar-refractivity contribution in [2.75, 3.05) is 31.1 Å². The summed E-state index contributed by atoms with van der Waals surface area (Å²) in [5, 5.41) is 0. The Hall–Kier alpha value is -2.29. The Balaban J connectivity index is 1.63. The van der Waals surface area contributed by atoms with Crippen molar-refractivity contribution in [2.24, 2.45) is 0 Å². The highest BCUT2D eigenvalue weighted by Gasteiger charge is 2.33. The van der Waals surface area contributed by atoms with Gasteiger partial charge in [-0.3, -0.25) is 4.90 Å². The Labute approximate surface area is 140 Å². The number of hydrogen-bond acceptors (Lipinski definition) is 4. The van der Waals surface area contributed by atoms with Gasteiger partial charge < -0.3 is 4.90 Å². The fourth-order valence-corrected chi connectivity index (χ4v) is 2.72. The second-order valence-corrected chi connectivity index (χ2v) is 5.76. The van der Waals surface area contributed by atoms with Crippen molar-refractivity contribution in [3.05, 3.63) is 53.5 Å². The zero-order chi connectivity index (χ0) is 18.0. The Kier molecular flexibility index (Phi) is 4.85. The molecule has 0 amide bonds. The van der Waals surface area contributed by atoms with E-state index in [4.69, 9.17) is 0 Å². The molecule has 4 nitrogen and oxygen atoms in total. The molecule has 1 aliphatic heterocycles. The molecule has 0 bridgehead atoms. The summed E-state index contributed by atoms with van der Waals surface area (Å²) < 4.78 is 65.1. The van der Waals surface area contributed by atoms with Crippen molar-refractivity contribution in [1.82, 2.24) is 14.9 Å². The van der Waals surface area contributed by atoms with Crippen LogP contribution in [0.1, 0.15) is 11.3 Å². The summed E-state index contributed by atoms with van der Waals surface area (Å²) in [4.78, 5) is 10.8. The van der Waals surface area contributed by atoms with Gasteiger partial charge >= 0.3 is 6.18 Å². The van der Waals surface area contributed by atoms with E-state index in [1.807, 2.05) is 4.90 Å². The number of alkyl halides is 3. The van der Waals surface area contributed by atoms with E-state index in [9.17, 15) is 22.0 Å². The van der Waals surface area contributed by atoms with E-state index < -0.39 is 23.5 Å². The first-order valence-corrected chi connectivity index (χ1v) is 7.63. The first kappa shape index (κ1) is 17.5. The Bertz CT molecular complexity index is 742. The number of benzene rings is 1. The second kappa shape index (κ2) is 6.91. The molecule has 1 aliphatic rings. The molecule has 1 aromatic heterocycles. The highest BCUT2D eigenvalue weighted by molar-refractivity contribution is 5.40. The van der Waals surface area contributed by atoms with Crippen LogP contribution in [-0.2, 0) is 12.7 Å². The maximum atomic E-state index is 13.7. The highest BCUT2D eigenvalue weighted by atomic mass is 19.4. The summed E-state index contributed by atoms with van der Waals surface area (Å²) in [5.74, 6) is -0.774. The summed E-state index contributed by atoms with van der Waals surface area (Å²) in [6.45, 7) is 2.12. The van der Waals surface area contributed by atoms with Gasteiger partial charge in [-0.1, -0.05) is 0 Å². The summed E-state index contributed by atoms with van der Waals surface area (Å²) >= 11 is 0. The van der Waals surface area contributed by atoms with Gasteiger partial charge in [0.1, 0.15) is 29.5 Å². The fraction of sp³-hybridized carbons (Fsp3) is 0.375. The predicted octanol–water partition coefficient (Wildman–Crippen LogP) is 3.10. The largest absolute Gasteiger partial charge is 0.433 e. The molecular weight excluding hydrogens is 343 g/mol. The quantitative estimate of drug-likeness (QED) is 0.790. The van der Waals surface area contributed by atoms with Crippen molar-refractivity contribution in [3.63, 3.8) is 0 Å². The number of nitrogens with zero attached hydrogens (tertiary/aromatic N) is 4. The van der Waals surface area contributed by atoms with Crippen LogP contribution in [-0.4, -0.2) is 41.0 Å². The molecule has 3 rings (SSSR count). The standard InChI is InChI=1S/C16H15F5N4/c17-12-1-2-13(18)11(7-12)9-24-3-5-25(6-4-24)15-8-14(16(19,20)21)22-10-23-15/h1-2,7-8,10H,3-6,9H2. The van der Waals surface area contributed by atoms with E-state index in [0.717, 1.165) is 30.6 Å². The molecule has 9 heteroatoms. The molecule has 0 N–H and O–H groups in total. The fourth-order valence-electron chi connectivity index (χ4n) is 2.72. The molecule has 0 radical (unpaired) electrons. The van der Waals surface area contributed by atoms with Gasteiger partial charge in [0.15, 0.2) is 0 Å². The molecule has 1 saturated heterocycles. The third-order valence-corrected chi connectivity index (χ3v) is 4.04. The van der Waals surface area contributed by atoms with E-state index in [-0.39, 0.29) is 17.9 Å². The van der Waals surface area contributed by atoms with Crippen LogP contribution in [0.4, 0.5) is 27.8 Å². The molecule has 0 saturated carbocycles. The van der Waals surface area contributed by atoms with Gasteiger partial charge in [-0.2, -0.15) is 13.2 Å². The second-order valence-electron chi connectivity index (χ2n) is 5.76. The molecule has 0 spiro atoms. The van der Waals surface area contributed by atoms with Crippen LogP contribution >= 0.6 is 0 Å². The SMILES string of the molecule is Fc1ccc(F)c(CN2CCN(c3cc(C(F)(F)F)ncn3)CC2)c1. The Morgan fingerprint density at radius 1 is 0.960 bits per heavy atom. The minimum atomic E-state index is -4.52. The lowest BCUT2D eigenvalue weighted by Gasteiger charge is -2.35. The third kappa shape index (κ3) is 4.22. The first-order chi connectivity index (χ1) is 11.8. The van der Waals surface area contributed by atoms with Crippen molar-refractivity contribution >= 4 is 5.82 Å². The van der Waals surface area contributed by atoms with Gasteiger partial charge in [-0.15, -0.1) is 0 Å². The number of anilines is 1.